The highest BCUT2D eigenvalue weighted by Gasteiger charge is 2.28. The molecule has 1 atom stereocenters. The molecule has 0 spiro atoms. The van der Waals surface area contributed by atoms with E-state index >= 15 is 0 Å². The Labute approximate surface area is 207 Å². The first-order chi connectivity index (χ1) is 16.8. The summed E-state index contributed by atoms with van der Waals surface area (Å²) in [5.74, 6) is -0.567. The zero-order valence-electron chi connectivity index (χ0n) is 20.2. The molecule has 3 aromatic carbocycles. The van der Waals surface area contributed by atoms with Crippen molar-refractivity contribution in [3.63, 3.8) is 0 Å². The first-order valence-electron chi connectivity index (χ1n) is 12.0. The third-order valence-electron chi connectivity index (χ3n) is 6.26. The predicted octanol–water partition coefficient (Wildman–Crippen LogP) is 3.29. The summed E-state index contributed by atoms with van der Waals surface area (Å²) in [5, 5.41) is 4.68. The Morgan fingerprint density at radius 3 is 2.29 bits per heavy atom. The van der Waals surface area contributed by atoms with Crippen LogP contribution in [0.25, 0.3) is 10.8 Å². The number of morpholine rings is 1. The minimum atomic E-state index is -3.87. The number of rotatable bonds is 9. The molecule has 0 saturated carbocycles. The zero-order chi connectivity index (χ0) is 24.8. The van der Waals surface area contributed by atoms with E-state index in [1.165, 1.54) is 5.56 Å². The number of nitrogens with one attached hydrogen (secondary N) is 2. The van der Waals surface area contributed by atoms with Crippen molar-refractivity contribution in [2.45, 2.75) is 37.9 Å². The molecule has 1 amide bonds. The second kappa shape index (κ2) is 11.3. The predicted molar refractivity (Wildman–Crippen MR) is 137 cm³/mol. The number of fused-ring (bicyclic) bond motifs is 1. The van der Waals surface area contributed by atoms with Crippen molar-refractivity contribution in [3.05, 3.63) is 77.9 Å². The van der Waals surface area contributed by atoms with Crippen LogP contribution in [0.3, 0.4) is 0 Å². The highest BCUT2D eigenvalue weighted by atomic mass is 32.2. The lowest BCUT2D eigenvalue weighted by atomic mass is 10.0. The third-order valence-corrected chi connectivity index (χ3v) is 7.70. The molecule has 3 aromatic rings. The standard InChI is InChI=1S/C27H33N3O4S/c1-20(2)26(29-35(32,33)25-12-11-23-5-3-4-6-24(23)17-25)27(31)28-18-21-7-9-22(10-8-21)19-30-13-15-34-16-14-30/h3-12,17,20,26,29H,13-16,18-19H2,1-2H3,(H,28,31). The first-order valence-corrected chi connectivity index (χ1v) is 13.5. The quantitative estimate of drug-likeness (QED) is 0.476. The Hall–Kier alpha value is -2.78. The summed E-state index contributed by atoms with van der Waals surface area (Å²) >= 11 is 0. The lowest BCUT2D eigenvalue weighted by Crippen LogP contribution is -2.49. The van der Waals surface area contributed by atoms with Crippen LogP contribution in [-0.4, -0.2) is 51.6 Å². The average molecular weight is 496 g/mol. The molecule has 0 bridgehead atoms. The van der Waals surface area contributed by atoms with E-state index in [0.29, 0.717) is 6.54 Å². The van der Waals surface area contributed by atoms with E-state index in [4.69, 9.17) is 4.74 Å². The van der Waals surface area contributed by atoms with Gasteiger partial charge in [-0.15, -0.1) is 0 Å². The van der Waals surface area contributed by atoms with Crippen molar-refractivity contribution < 1.29 is 17.9 Å². The van der Waals surface area contributed by atoms with Crippen molar-refractivity contribution >= 4 is 26.7 Å². The summed E-state index contributed by atoms with van der Waals surface area (Å²) in [7, 11) is -3.87. The number of hydrogen-bond donors (Lipinski definition) is 2. The maximum Gasteiger partial charge on any atom is 0.241 e. The van der Waals surface area contributed by atoms with Gasteiger partial charge in [-0.25, -0.2) is 8.42 Å². The van der Waals surface area contributed by atoms with Gasteiger partial charge in [0.25, 0.3) is 0 Å². The van der Waals surface area contributed by atoms with E-state index in [9.17, 15) is 13.2 Å². The highest BCUT2D eigenvalue weighted by Crippen LogP contribution is 2.20. The second-order valence-electron chi connectivity index (χ2n) is 9.27. The van der Waals surface area contributed by atoms with Gasteiger partial charge < -0.3 is 10.1 Å². The Morgan fingerprint density at radius 2 is 1.60 bits per heavy atom. The first kappa shape index (κ1) is 25.3. The van der Waals surface area contributed by atoms with Gasteiger partial charge in [0.15, 0.2) is 0 Å². The fourth-order valence-electron chi connectivity index (χ4n) is 4.14. The Bertz CT molecular complexity index is 1250. The number of benzene rings is 3. The molecule has 186 valence electrons. The van der Waals surface area contributed by atoms with E-state index in [-0.39, 0.29) is 16.7 Å². The number of ether oxygens (including phenoxy) is 1. The molecule has 1 aliphatic rings. The molecule has 1 heterocycles. The van der Waals surface area contributed by atoms with Crippen LogP contribution in [-0.2, 0) is 32.6 Å². The van der Waals surface area contributed by atoms with Gasteiger partial charge in [0.2, 0.25) is 15.9 Å². The number of sulfonamides is 1. The second-order valence-corrected chi connectivity index (χ2v) is 11.0. The smallest absolute Gasteiger partial charge is 0.241 e. The molecule has 4 rings (SSSR count). The van der Waals surface area contributed by atoms with Crippen molar-refractivity contribution in [2.24, 2.45) is 5.92 Å². The minimum absolute atomic E-state index is 0.144. The monoisotopic (exact) mass is 495 g/mol. The summed E-state index contributed by atoms with van der Waals surface area (Å²) in [6, 6.07) is 19.8. The van der Waals surface area contributed by atoms with Crippen molar-refractivity contribution in [2.75, 3.05) is 26.3 Å². The Kier molecular flexibility index (Phi) is 8.18. The molecule has 0 aromatic heterocycles. The van der Waals surface area contributed by atoms with E-state index in [1.54, 1.807) is 18.2 Å². The number of carbonyl (C=O) groups excluding carboxylic acids is 1. The van der Waals surface area contributed by atoms with Crippen molar-refractivity contribution in [3.8, 4) is 0 Å². The number of hydrogen-bond acceptors (Lipinski definition) is 5. The molecule has 0 aliphatic carbocycles. The summed E-state index contributed by atoms with van der Waals surface area (Å²) in [4.78, 5) is 15.5. The van der Waals surface area contributed by atoms with E-state index in [2.05, 4.69) is 27.1 Å². The van der Waals surface area contributed by atoms with Crippen LogP contribution in [0.5, 0.6) is 0 Å². The van der Waals surface area contributed by atoms with E-state index < -0.39 is 16.1 Å². The summed E-state index contributed by atoms with van der Waals surface area (Å²) in [6.45, 7) is 8.27. The van der Waals surface area contributed by atoms with Gasteiger partial charge in [-0.2, -0.15) is 4.72 Å². The fraction of sp³-hybridized carbons (Fsp3) is 0.370. The van der Waals surface area contributed by atoms with Gasteiger partial charge in [0.05, 0.1) is 18.1 Å². The van der Waals surface area contributed by atoms with Crippen LogP contribution in [0, 0.1) is 5.92 Å². The Balaban J connectivity index is 1.37. The normalized spacial score (nSPS) is 15.9. The maximum absolute atomic E-state index is 13.1. The number of nitrogens with zero attached hydrogens (tertiary/aromatic N) is 1. The minimum Gasteiger partial charge on any atom is -0.379 e. The maximum atomic E-state index is 13.1. The highest BCUT2D eigenvalue weighted by molar-refractivity contribution is 7.89. The molecule has 35 heavy (non-hydrogen) atoms. The largest absolute Gasteiger partial charge is 0.379 e. The zero-order valence-corrected chi connectivity index (χ0v) is 21.1. The molecular weight excluding hydrogens is 462 g/mol. The lowest BCUT2D eigenvalue weighted by molar-refractivity contribution is -0.123. The van der Waals surface area contributed by atoms with Gasteiger partial charge in [-0.3, -0.25) is 9.69 Å². The van der Waals surface area contributed by atoms with Crippen LogP contribution in [0.15, 0.2) is 71.6 Å². The van der Waals surface area contributed by atoms with Crippen LogP contribution >= 0.6 is 0 Å². The van der Waals surface area contributed by atoms with Crippen molar-refractivity contribution in [1.82, 2.24) is 14.9 Å². The van der Waals surface area contributed by atoms with Gasteiger partial charge in [0.1, 0.15) is 6.04 Å². The molecular formula is C27H33N3O4S. The van der Waals surface area contributed by atoms with Gasteiger partial charge >= 0.3 is 0 Å². The lowest BCUT2D eigenvalue weighted by Gasteiger charge is -2.26. The molecule has 1 fully saturated rings. The summed E-state index contributed by atoms with van der Waals surface area (Å²) in [5.41, 5.74) is 2.18. The molecule has 1 saturated heterocycles. The molecule has 1 aliphatic heterocycles. The molecule has 7 nitrogen and oxygen atoms in total. The van der Waals surface area contributed by atoms with E-state index in [1.807, 2.05) is 50.2 Å². The van der Waals surface area contributed by atoms with Crippen LogP contribution < -0.4 is 10.0 Å². The molecule has 2 N–H and O–H groups in total. The van der Waals surface area contributed by atoms with Gasteiger partial charge in [-0.05, 0) is 39.9 Å². The van der Waals surface area contributed by atoms with Crippen LogP contribution in [0.2, 0.25) is 0 Å². The number of amides is 1. The summed E-state index contributed by atoms with van der Waals surface area (Å²) in [6.07, 6.45) is 0. The molecule has 1 unspecified atom stereocenters. The number of carbonyl (C=O) groups is 1. The van der Waals surface area contributed by atoms with Gasteiger partial charge in [-0.1, -0.05) is 68.4 Å². The van der Waals surface area contributed by atoms with Crippen LogP contribution in [0.4, 0.5) is 0 Å². The molecule has 0 radical (unpaired) electrons. The SMILES string of the molecule is CC(C)C(NS(=O)(=O)c1ccc2ccccc2c1)C(=O)NCc1ccc(CN2CCOCC2)cc1. The van der Waals surface area contributed by atoms with Crippen LogP contribution in [0.1, 0.15) is 25.0 Å². The fourth-order valence-corrected chi connectivity index (χ4v) is 5.52. The average Bonchev–Trinajstić information content (AvgIpc) is 2.87. The Morgan fingerprint density at radius 1 is 0.943 bits per heavy atom. The topological polar surface area (TPSA) is 87.7 Å². The third kappa shape index (κ3) is 6.67. The molecule has 8 heteroatoms. The van der Waals surface area contributed by atoms with E-state index in [0.717, 1.165) is 49.2 Å². The van der Waals surface area contributed by atoms with Crippen molar-refractivity contribution in [1.29, 1.82) is 0 Å². The summed E-state index contributed by atoms with van der Waals surface area (Å²) < 4.78 is 34.1. The van der Waals surface area contributed by atoms with Gasteiger partial charge in [0, 0.05) is 26.2 Å².